The molecule has 1 fully saturated rings. The minimum atomic E-state index is -0.602. The number of esters is 2. The molecule has 1 aliphatic rings. The molecular formula is C18H22N2O4. The quantitative estimate of drug-likeness (QED) is 0.854. The van der Waals surface area contributed by atoms with Gasteiger partial charge in [0.05, 0.1) is 24.7 Å². The third-order valence-electron chi connectivity index (χ3n) is 3.87. The number of nitriles is 1. The lowest BCUT2D eigenvalue weighted by molar-refractivity contribution is -0.160. The van der Waals surface area contributed by atoms with Crippen LogP contribution in [0.25, 0.3) is 0 Å². The predicted octanol–water partition coefficient (Wildman–Crippen LogP) is 2.09. The summed E-state index contributed by atoms with van der Waals surface area (Å²) < 4.78 is 10.3. The van der Waals surface area contributed by atoms with Crippen LogP contribution in [-0.2, 0) is 19.1 Å². The van der Waals surface area contributed by atoms with E-state index < -0.39 is 23.5 Å². The second kappa shape index (κ2) is 7.02. The number of carbonyl (C=O) groups is 2. The van der Waals surface area contributed by atoms with Gasteiger partial charge in [0.2, 0.25) is 0 Å². The summed E-state index contributed by atoms with van der Waals surface area (Å²) in [6.07, 6.45) is 0.312. The van der Waals surface area contributed by atoms with Crippen molar-refractivity contribution in [3.63, 3.8) is 0 Å². The Morgan fingerprint density at radius 1 is 1.21 bits per heavy atom. The fraction of sp³-hybridized carbons (Fsp3) is 0.500. The third kappa shape index (κ3) is 4.12. The summed E-state index contributed by atoms with van der Waals surface area (Å²) in [7, 11) is 1.32. The number of benzene rings is 1. The van der Waals surface area contributed by atoms with E-state index in [1.54, 1.807) is 24.3 Å². The Morgan fingerprint density at radius 2 is 1.83 bits per heavy atom. The van der Waals surface area contributed by atoms with Crippen LogP contribution in [0, 0.1) is 17.2 Å². The molecule has 0 saturated carbocycles. The van der Waals surface area contributed by atoms with Crippen LogP contribution in [0.2, 0.25) is 0 Å². The fourth-order valence-electron chi connectivity index (χ4n) is 2.80. The van der Waals surface area contributed by atoms with E-state index in [0.717, 1.165) is 5.56 Å². The van der Waals surface area contributed by atoms with Crippen molar-refractivity contribution in [1.29, 1.82) is 5.26 Å². The molecule has 3 atom stereocenters. The second-order valence-corrected chi connectivity index (χ2v) is 6.83. The minimum absolute atomic E-state index is 0.312. The molecule has 6 nitrogen and oxygen atoms in total. The molecule has 24 heavy (non-hydrogen) atoms. The normalized spacial score (nSPS) is 23.4. The van der Waals surface area contributed by atoms with Crippen molar-refractivity contribution in [2.24, 2.45) is 5.92 Å². The zero-order chi connectivity index (χ0) is 17.9. The molecule has 2 rings (SSSR count). The Bertz CT molecular complexity index is 655. The van der Waals surface area contributed by atoms with E-state index in [2.05, 4.69) is 11.4 Å². The van der Waals surface area contributed by atoms with Gasteiger partial charge in [0.25, 0.3) is 0 Å². The molecule has 0 unspecified atom stereocenters. The molecule has 1 N–H and O–H groups in total. The number of hydrogen-bond acceptors (Lipinski definition) is 6. The maximum Gasteiger partial charge on any atom is 0.322 e. The van der Waals surface area contributed by atoms with Gasteiger partial charge in [-0.2, -0.15) is 5.26 Å². The number of carbonyl (C=O) groups excluding carboxylic acids is 2. The number of hydrogen-bond donors (Lipinski definition) is 1. The Morgan fingerprint density at radius 3 is 2.33 bits per heavy atom. The summed E-state index contributed by atoms with van der Waals surface area (Å²) in [6.45, 7) is 5.42. The average Bonchev–Trinajstić information content (AvgIpc) is 2.98. The van der Waals surface area contributed by atoms with Gasteiger partial charge in [0.1, 0.15) is 11.6 Å². The van der Waals surface area contributed by atoms with Crippen molar-refractivity contribution in [1.82, 2.24) is 5.32 Å². The van der Waals surface area contributed by atoms with Crippen LogP contribution < -0.4 is 5.32 Å². The minimum Gasteiger partial charge on any atom is -0.468 e. The summed E-state index contributed by atoms with van der Waals surface area (Å²) in [6, 6.07) is 8.08. The zero-order valence-electron chi connectivity index (χ0n) is 14.3. The highest BCUT2D eigenvalue weighted by molar-refractivity contribution is 5.80. The van der Waals surface area contributed by atoms with Crippen LogP contribution in [0.1, 0.15) is 44.4 Å². The standard InChI is InChI=1S/C18H22N2O4/c1-18(2,3)24-16(21)13-9-14(17(22)23-4)20-15(13)12-7-5-11(10-19)6-8-12/h5-8,13-15,20H,9H2,1-4H3/t13-,14+,15+/m1/s1. The van der Waals surface area contributed by atoms with Crippen molar-refractivity contribution in [3.05, 3.63) is 35.4 Å². The predicted molar refractivity (Wildman–Crippen MR) is 86.8 cm³/mol. The van der Waals surface area contributed by atoms with Crippen LogP contribution in [-0.4, -0.2) is 30.7 Å². The lowest BCUT2D eigenvalue weighted by atomic mass is 9.92. The van der Waals surface area contributed by atoms with Gasteiger partial charge < -0.3 is 9.47 Å². The van der Waals surface area contributed by atoms with Crippen molar-refractivity contribution >= 4 is 11.9 Å². The SMILES string of the molecule is COC(=O)[C@@H]1C[C@@H](C(=O)OC(C)(C)C)[C@H](c2ccc(C#N)cc2)N1. The van der Waals surface area contributed by atoms with Crippen LogP contribution >= 0.6 is 0 Å². The van der Waals surface area contributed by atoms with E-state index in [4.69, 9.17) is 14.7 Å². The van der Waals surface area contributed by atoms with E-state index in [1.807, 2.05) is 20.8 Å². The number of nitrogens with zero attached hydrogens (tertiary/aromatic N) is 1. The molecular weight excluding hydrogens is 308 g/mol. The number of nitrogens with one attached hydrogen (secondary N) is 1. The maximum absolute atomic E-state index is 12.6. The summed E-state index contributed by atoms with van der Waals surface area (Å²) in [5.41, 5.74) is 0.765. The van der Waals surface area contributed by atoms with Gasteiger partial charge in [-0.3, -0.25) is 14.9 Å². The topological polar surface area (TPSA) is 88.4 Å². The zero-order valence-corrected chi connectivity index (χ0v) is 14.3. The van der Waals surface area contributed by atoms with Crippen molar-refractivity contribution in [3.8, 4) is 6.07 Å². The summed E-state index contributed by atoms with van der Waals surface area (Å²) in [5, 5.41) is 12.1. The Labute approximate surface area is 141 Å². The van der Waals surface area contributed by atoms with Gasteiger partial charge >= 0.3 is 11.9 Å². The lowest BCUT2D eigenvalue weighted by Crippen LogP contribution is -2.33. The van der Waals surface area contributed by atoms with Gasteiger partial charge in [-0.05, 0) is 44.9 Å². The first-order valence-corrected chi connectivity index (χ1v) is 7.82. The van der Waals surface area contributed by atoms with Gasteiger partial charge in [-0.25, -0.2) is 0 Å². The summed E-state index contributed by atoms with van der Waals surface area (Å²) in [4.78, 5) is 24.4. The largest absolute Gasteiger partial charge is 0.468 e. The molecule has 1 saturated heterocycles. The van der Waals surface area contributed by atoms with Gasteiger partial charge in [0.15, 0.2) is 0 Å². The number of ether oxygens (including phenoxy) is 2. The van der Waals surface area contributed by atoms with Gasteiger partial charge in [-0.15, -0.1) is 0 Å². The smallest absolute Gasteiger partial charge is 0.322 e. The Balaban J connectivity index is 2.27. The average molecular weight is 330 g/mol. The first-order chi connectivity index (χ1) is 11.2. The van der Waals surface area contributed by atoms with Crippen molar-refractivity contribution in [2.45, 2.75) is 44.9 Å². The van der Waals surface area contributed by atoms with E-state index >= 15 is 0 Å². The summed E-state index contributed by atoms with van der Waals surface area (Å²) >= 11 is 0. The third-order valence-corrected chi connectivity index (χ3v) is 3.87. The Kier molecular flexibility index (Phi) is 5.25. The second-order valence-electron chi connectivity index (χ2n) is 6.83. The molecule has 0 bridgehead atoms. The first kappa shape index (κ1) is 18.0. The molecule has 0 spiro atoms. The molecule has 0 radical (unpaired) electrons. The molecule has 0 aliphatic carbocycles. The molecule has 1 aromatic rings. The molecule has 1 heterocycles. The highest BCUT2D eigenvalue weighted by Crippen LogP contribution is 2.35. The molecule has 1 aromatic carbocycles. The molecule has 0 amide bonds. The van der Waals surface area contributed by atoms with Crippen LogP contribution in [0.4, 0.5) is 0 Å². The number of methoxy groups -OCH3 is 1. The Hall–Kier alpha value is -2.39. The molecule has 0 aromatic heterocycles. The highest BCUT2D eigenvalue weighted by atomic mass is 16.6. The van der Waals surface area contributed by atoms with E-state index in [9.17, 15) is 9.59 Å². The number of rotatable bonds is 3. The summed E-state index contributed by atoms with van der Waals surface area (Å²) in [5.74, 6) is -1.25. The van der Waals surface area contributed by atoms with E-state index in [0.29, 0.717) is 12.0 Å². The van der Waals surface area contributed by atoms with Crippen LogP contribution in [0.5, 0.6) is 0 Å². The van der Waals surface area contributed by atoms with E-state index in [1.165, 1.54) is 7.11 Å². The fourth-order valence-corrected chi connectivity index (χ4v) is 2.80. The molecule has 6 heteroatoms. The maximum atomic E-state index is 12.6. The van der Waals surface area contributed by atoms with Gasteiger partial charge in [-0.1, -0.05) is 12.1 Å². The van der Waals surface area contributed by atoms with E-state index in [-0.39, 0.29) is 12.0 Å². The molecule has 128 valence electrons. The molecule has 1 aliphatic heterocycles. The van der Waals surface area contributed by atoms with Crippen LogP contribution in [0.15, 0.2) is 24.3 Å². The lowest BCUT2D eigenvalue weighted by Gasteiger charge is -2.25. The van der Waals surface area contributed by atoms with Gasteiger partial charge in [0, 0.05) is 6.04 Å². The van der Waals surface area contributed by atoms with Crippen LogP contribution in [0.3, 0.4) is 0 Å². The first-order valence-electron chi connectivity index (χ1n) is 7.82. The monoisotopic (exact) mass is 330 g/mol. The van der Waals surface area contributed by atoms with Crippen molar-refractivity contribution < 1.29 is 19.1 Å². The van der Waals surface area contributed by atoms with Crippen molar-refractivity contribution in [2.75, 3.05) is 7.11 Å². The highest BCUT2D eigenvalue weighted by Gasteiger charge is 2.44.